The van der Waals surface area contributed by atoms with Crippen LogP contribution < -0.4 is 9.76 Å². The number of nitrogens with zero attached hydrogens (tertiary/aromatic N) is 1. The quantitative estimate of drug-likeness (QED) is 0.321. The fourth-order valence-electron chi connectivity index (χ4n) is 3.13. The lowest BCUT2D eigenvalue weighted by atomic mass is 10.1. The summed E-state index contributed by atoms with van der Waals surface area (Å²) in [5.41, 5.74) is 1.80. The molecule has 2 N–H and O–H groups in total. The molecule has 0 heterocycles. The lowest BCUT2D eigenvalue weighted by molar-refractivity contribution is 0.484. The first-order chi connectivity index (χ1) is 13.6. The summed E-state index contributed by atoms with van der Waals surface area (Å²) in [6.45, 7) is 0. The number of hydrogen-bond acceptors (Lipinski definition) is 1. The Morgan fingerprint density at radius 2 is 1.39 bits per heavy atom. The molecule has 4 aromatic carbocycles. The number of rotatable bonds is 5. The van der Waals surface area contributed by atoms with Crippen molar-refractivity contribution in [1.82, 2.24) is 0 Å². The van der Waals surface area contributed by atoms with Gasteiger partial charge in [-0.1, -0.05) is 66.7 Å². The van der Waals surface area contributed by atoms with Crippen LogP contribution in [0.25, 0.3) is 10.8 Å². The molecule has 0 aromatic heterocycles. The zero-order valence-corrected chi connectivity index (χ0v) is 17.3. The Morgan fingerprint density at radius 3 is 2.11 bits per heavy atom. The summed E-state index contributed by atoms with van der Waals surface area (Å²) < 4.78 is 15.7. The lowest BCUT2D eigenvalue weighted by Gasteiger charge is -2.31. The normalized spacial score (nSPS) is 13.1. The predicted molar refractivity (Wildman–Crippen MR) is 120 cm³/mol. The van der Waals surface area contributed by atoms with Gasteiger partial charge in [0, 0.05) is 10.2 Å². The van der Waals surface area contributed by atoms with Crippen LogP contribution in [0.3, 0.4) is 0 Å². The van der Waals surface area contributed by atoms with E-state index in [1.165, 1.54) is 4.67 Å². The van der Waals surface area contributed by atoms with Crippen molar-refractivity contribution in [1.29, 1.82) is 0 Å². The first kappa shape index (κ1) is 18.8. The monoisotopic (exact) mass is 452 g/mol. The third-order valence-corrected chi connectivity index (χ3v) is 6.76. The lowest BCUT2D eigenvalue weighted by Crippen LogP contribution is -2.18. The van der Waals surface area contributed by atoms with Crippen LogP contribution in [0.2, 0.25) is 0 Å². The molecule has 0 saturated heterocycles. The van der Waals surface area contributed by atoms with E-state index in [1.54, 1.807) is 12.1 Å². The van der Waals surface area contributed by atoms with Gasteiger partial charge in [-0.15, -0.1) is 0 Å². The Balaban J connectivity index is 1.88. The van der Waals surface area contributed by atoms with Crippen LogP contribution in [0.4, 0.5) is 17.1 Å². The third-order valence-electron chi connectivity index (χ3n) is 4.39. The molecule has 4 nitrogen and oxygen atoms in total. The van der Waals surface area contributed by atoms with E-state index in [9.17, 15) is 9.46 Å². The van der Waals surface area contributed by atoms with E-state index in [-0.39, 0.29) is 0 Å². The van der Waals surface area contributed by atoms with Gasteiger partial charge in [-0.05, 0) is 57.0 Å². The standard InChI is InChI=1S/C22H18BrN2O2P/c23-22-20-14-8-7-9-17(20)15-16-21(22)25(19-12-5-2-6-13-19)28(26,27)24-18-10-3-1-4-11-18/h1-16H,(H2,24,26,27). The van der Waals surface area contributed by atoms with Crippen LogP contribution in [0.15, 0.2) is 102 Å². The van der Waals surface area contributed by atoms with Gasteiger partial charge in [0.15, 0.2) is 0 Å². The fraction of sp³-hybridized carbons (Fsp3) is 0. The zero-order valence-electron chi connectivity index (χ0n) is 14.9. The first-order valence-electron chi connectivity index (χ1n) is 8.75. The summed E-state index contributed by atoms with van der Waals surface area (Å²) in [6, 6.07) is 30.0. The zero-order chi connectivity index (χ0) is 19.6. The highest BCUT2D eigenvalue weighted by Gasteiger charge is 2.32. The molecular formula is C22H18BrN2O2P. The molecule has 0 amide bonds. The maximum absolute atomic E-state index is 13.5. The van der Waals surface area contributed by atoms with Crippen molar-refractivity contribution in [2.24, 2.45) is 0 Å². The average Bonchev–Trinajstić information content (AvgIpc) is 2.71. The molecule has 1 unspecified atom stereocenters. The summed E-state index contributed by atoms with van der Waals surface area (Å²) in [4.78, 5) is 11.1. The molecule has 0 spiro atoms. The molecule has 1 atom stereocenters. The molecule has 4 rings (SSSR count). The highest BCUT2D eigenvalue weighted by Crippen LogP contribution is 2.55. The van der Waals surface area contributed by atoms with E-state index >= 15 is 0 Å². The van der Waals surface area contributed by atoms with E-state index < -0.39 is 7.67 Å². The van der Waals surface area contributed by atoms with E-state index in [4.69, 9.17) is 0 Å². The minimum atomic E-state index is -4.02. The summed E-state index contributed by atoms with van der Waals surface area (Å²) in [5, 5.41) is 4.83. The second-order valence-electron chi connectivity index (χ2n) is 6.29. The second-order valence-corrected chi connectivity index (χ2v) is 8.79. The number of fused-ring (bicyclic) bond motifs is 1. The number of halogens is 1. The van der Waals surface area contributed by atoms with E-state index in [1.807, 2.05) is 84.9 Å². The van der Waals surface area contributed by atoms with Crippen LogP contribution in [0.5, 0.6) is 0 Å². The molecule has 0 fully saturated rings. The smallest absolute Gasteiger partial charge is 0.313 e. The summed E-state index contributed by atoms with van der Waals surface area (Å²) >= 11 is 3.66. The maximum atomic E-state index is 13.5. The molecule has 140 valence electrons. The molecular weight excluding hydrogens is 435 g/mol. The Bertz CT molecular complexity index is 1150. The Hall–Kier alpha value is -2.59. The van der Waals surface area contributed by atoms with Crippen molar-refractivity contribution >= 4 is 51.4 Å². The van der Waals surface area contributed by atoms with Crippen molar-refractivity contribution in [3.63, 3.8) is 0 Å². The van der Waals surface area contributed by atoms with Gasteiger partial charge in [-0.25, -0.2) is 4.57 Å². The third kappa shape index (κ3) is 3.69. The van der Waals surface area contributed by atoms with Crippen molar-refractivity contribution in [3.8, 4) is 0 Å². The molecule has 4 aromatic rings. The maximum Gasteiger partial charge on any atom is 0.396 e. The largest absolute Gasteiger partial charge is 0.396 e. The Morgan fingerprint density at radius 1 is 0.786 bits per heavy atom. The molecule has 0 bridgehead atoms. The van der Waals surface area contributed by atoms with Gasteiger partial charge in [0.25, 0.3) is 0 Å². The SMILES string of the molecule is O=P(O)(Nc1ccccc1)N(c1ccccc1)c1ccc2ccccc2c1Br. The molecule has 6 heteroatoms. The first-order valence-corrected chi connectivity index (χ1v) is 11.2. The topological polar surface area (TPSA) is 52.6 Å². The molecule has 28 heavy (non-hydrogen) atoms. The molecule has 0 aliphatic rings. The predicted octanol–water partition coefficient (Wildman–Crippen LogP) is 6.95. The van der Waals surface area contributed by atoms with Gasteiger partial charge in [0.1, 0.15) is 0 Å². The number of hydrogen-bond donors (Lipinski definition) is 2. The molecule has 0 aliphatic carbocycles. The van der Waals surface area contributed by atoms with Crippen LogP contribution in [-0.2, 0) is 4.57 Å². The van der Waals surface area contributed by atoms with Crippen molar-refractivity contribution in [3.05, 3.63) is 102 Å². The van der Waals surface area contributed by atoms with Crippen LogP contribution in [-0.4, -0.2) is 4.89 Å². The summed E-state index contributed by atoms with van der Waals surface area (Å²) in [6.07, 6.45) is 0. The van der Waals surface area contributed by atoms with E-state index in [0.29, 0.717) is 17.1 Å². The summed E-state index contributed by atoms with van der Waals surface area (Å²) in [5.74, 6) is 0. The van der Waals surface area contributed by atoms with Crippen molar-refractivity contribution in [2.75, 3.05) is 9.76 Å². The Kier molecular flexibility index (Phi) is 5.23. The van der Waals surface area contributed by atoms with Crippen LogP contribution >= 0.6 is 23.6 Å². The fourth-order valence-corrected chi connectivity index (χ4v) is 5.43. The van der Waals surface area contributed by atoms with Gasteiger partial charge in [-0.2, -0.15) is 0 Å². The van der Waals surface area contributed by atoms with Gasteiger partial charge in [0.05, 0.1) is 11.4 Å². The minimum Gasteiger partial charge on any atom is -0.313 e. The molecule has 0 radical (unpaired) electrons. The van der Waals surface area contributed by atoms with E-state index in [2.05, 4.69) is 21.0 Å². The minimum absolute atomic E-state index is 0.575. The van der Waals surface area contributed by atoms with Crippen LogP contribution in [0, 0.1) is 0 Å². The van der Waals surface area contributed by atoms with Gasteiger partial charge >= 0.3 is 7.67 Å². The Labute approximate surface area is 172 Å². The number of anilines is 3. The highest BCUT2D eigenvalue weighted by atomic mass is 79.9. The highest BCUT2D eigenvalue weighted by molar-refractivity contribution is 9.10. The van der Waals surface area contributed by atoms with Gasteiger partial charge in [-0.3, -0.25) is 9.76 Å². The van der Waals surface area contributed by atoms with Crippen molar-refractivity contribution < 1.29 is 9.46 Å². The average molecular weight is 453 g/mol. The molecule has 0 saturated carbocycles. The molecule has 0 aliphatic heterocycles. The van der Waals surface area contributed by atoms with Gasteiger partial charge in [0.2, 0.25) is 0 Å². The summed E-state index contributed by atoms with van der Waals surface area (Å²) in [7, 11) is -4.02. The van der Waals surface area contributed by atoms with Gasteiger partial charge < -0.3 is 4.89 Å². The number of para-hydroxylation sites is 2. The number of benzene rings is 4. The van der Waals surface area contributed by atoms with E-state index in [0.717, 1.165) is 15.2 Å². The number of nitrogens with one attached hydrogen (secondary N) is 1. The van der Waals surface area contributed by atoms with Crippen LogP contribution in [0.1, 0.15) is 0 Å². The van der Waals surface area contributed by atoms with Crippen molar-refractivity contribution in [2.45, 2.75) is 0 Å². The second kappa shape index (κ2) is 7.80.